The van der Waals surface area contributed by atoms with Gasteiger partial charge in [-0.2, -0.15) is 0 Å². The van der Waals surface area contributed by atoms with E-state index < -0.39 is 0 Å². The predicted octanol–water partition coefficient (Wildman–Crippen LogP) is 2.81. The van der Waals surface area contributed by atoms with Crippen molar-refractivity contribution in [2.24, 2.45) is 5.73 Å². The summed E-state index contributed by atoms with van der Waals surface area (Å²) < 4.78 is 17.7. The Kier molecular flexibility index (Phi) is 4.48. The molecule has 2 aliphatic heterocycles. The highest BCUT2D eigenvalue weighted by atomic mass is 16.5. The van der Waals surface area contributed by atoms with E-state index in [0.29, 0.717) is 0 Å². The van der Waals surface area contributed by atoms with Crippen LogP contribution in [-0.4, -0.2) is 31.5 Å². The minimum absolute atomic E-state index is 0.0278. The maximum atomic E-state index is 6.20. The van der Waals surface area contributed by atoms with Gasteiger partial charge in [0.25, 0.3) is 0 Å². The molecule has 2 fully saturated rings. The van der Waals surface area contributed by atoms with Crippen molar-refractivity contribution < 1.29 is 14.2 Å². The van der Waals surface area contributed by atoms with E-state index in [-0.39, 0.29) is 17.7 Å². The highest BCUT2D eigenvalue weighted by Crippen LogP contribution is 2.35. The smallest absolute Gasteiger partial charge is 0.120 e. The Labute approximate surface area is 126 Å². The second-order valence-electron chi connectivity index (χ2n) is 6.24. The molecule has 2 N–H and O–H groups in total. The van der Waals surface area contributed by atoms with Crippen LogP contribution in [0, 0.1) is 0 Å². The summed E-state index contributed by atoms with van der Waals surface area (Å²) in [7, 11) is 0. The highest BCUT2D eigenvalue weighted by Gasteiger charge is 2.39. The second kappa shape index (κ2) is 6.34. The Morgan fingerprint density at radius 2 is 2.10 bits per heavy atom. The number of nitrogens with two attached hydrogens (primary N) is 1. The van der Waals surface area contributed by atoms with Gasteiger partial charge in [-0.15, -0.1) is 0 Å². The average Bonchev–Trinajstić information content (AvgIpc) is 2.48. The van der Waals surface area contributed by atoms with E-state index in [0.717, 1.165) is 56.8 Å². The molecule has 2 aliphatic rings. The fourth-order valence-corrected chi connectivity index (χ4v) is 3.24. The van der Waals surface area contributed by atoms with E-state index in [4.69, 9.17) is 19.9 Å². The van der Waals surface area contributed by atoms with Crippen molar-refractivity contribution in [1.29, 1.82) is 0 Å². The molecule has 1 spiro atoms. The lowest BCUT2D eigenvalue weighted by molar-refractivity contribution is -0.155. The van der Waals surface area contributed by atoms with Crippen LogP contribution in [0.1, 0.15) is 44.2 Å². The first-order valence-corrected chi connectivity index (χ1v) is 7.91. The lowest BCUT2D eigenvalue weighted by atomic mass is 9.85. The van der Waals surface area contributed by atoms with Crippen molar-refractivity contribution in [2.75, 3.05) is 19.8 Å². The molecule has 0 aromatic heterocycles. The Morgan fingerprint density at radius 3 is 2.86 bits per heavy atom. The van der Waals surface area contributed by atoms with Gasteiger partial charge in [0, 0.05) is 32.1 Å². The summed E-state index contributed by atoms with van der Waals surface area (Å²) in [5.41, 5.74) is 7.02. The molecule has 4 nitrogen and oxygen atoms in total. The van der Waals surface area contributed by atoms with Crippen molar-refractivity contribution in [1.82, 2.24) is 0 Å². The Hall–Kier alpha value is -1.10. The van der Waals surface area contributed by atoms with Gasteiger partial charge >= 0.3 is 0 Å². The van der Waals surface area contributed by atoms with E-state index in [1.165, 1.54) is 0 Å². The van der Waals surface area contributed by atoms with E-state index in [1.807, 2.05) is 25.1 Å². The molecule has 3 rings (SSSR count). The van der Waals surface area contributed by atoms with Gasteiger partial charge in [0.2, 0.25) is 0 Å². The van der Waals surface area contributed by atoms with Crippen LogP contribution in [-0.2, 0) is 9.47 Å². The van der Waals surface area contributed by atoms with Crippen molar-refractivity contribution in [3.63, 3.8) is 0 Å². The van der Waals surface area contributed by atoms with Crippen LogP contribution in [0.4, 0.5) is 0 Å². The molecule has 0 radical (unpaired) electrons. The zero-order valence-corrected chi connectivity index (χ0v) is 12.7. The highest BCUT2D eigenvalue weighted by molar-refractivity contribution is 5.30. The topological polar surface area (TPSA) is 53.7 Å². The van der Waals surface area contributed by atoms with E-state index >= 15 is 0 Å². The summed E-state index contributed by atoms with van der Waals surface area (Å²) in [4.78, 5) is 0. The number of ether oxygens (including phenoxy) is 3. The first-order chi connectivity index (χ1) is 10.2. The summed E-state index contributed by atoms with van der Waals surface area (Å²) in [5.74, 6) is 0.916. The van der Waals surface area contributed by atoms with Crippen LogP contribution in [0.3, 0.4) is 0 Å². The molecular weight excluding hydrogens is 266 g/mol. The van der Waals surface area contributed by atoms with Crippen LogP contribution < -0.4 is 10.5 Å². The molecule has 0 bridgehead atoms. The molecular formula is C17H25NO3. The van der Waals surface area contributed by atoms with Gasteiger partial charge in [-0.3, -0.25) is 0 Å². The quantitative estimate of drug-likeness (QED) is 0.930. The van der Waals surface area contributed by atoms with Crippen LogP contribution in [0.2, 0.25) is 0 Å². The Morgan fingerprint density at radius 1 is 1.29 bits per heavy atom. The molecule has 21 heavy (non-hydrogen) atoms. The second-order valence-corrected chi connectivity index (χ2v) is 6.24. The molecule has 4 heteroatoms. The summed E-state index contributed by atoms with van der Waals surface area (Å²) >= 11 is 0. The van der Waals surface area contributed by atoms with Crippen LogP contribution in [0.5, 0.6) is 5.75 Å². The maximum Gasteiger partial charge on any atom is 0.120 e. The zero-order chi connectivity index (χ0) is 14.7. The van der Waals surface area contributed by atoms with Gasteiger partial charge in [-0.25, -0.2) is 0 Å². The van der Waals surface area contributed by atoms with Gasteiger partial charge in [-0.1, -0.05) is 12.1 Å². The number of benzene rings is 1. The minimum atomic E-state index is -0.0278. The summed E-state index contributed by atoms with van der Waals surface area (Å²) in [6.45, 7) is 4.36. The predicted molar refractivity (Wildman–Crippen MR) is 81.4 cm³/mol. The molecule has 2 unspecified atom stereocenters. The van der Waals surface area contributed by atoms with Crippen molar-refractivity contribution >= 4 is 0 Å². The van der Waals surface area contributed by atoms with Gasteiger partial charge in [0.15, 0.2) is 0 Å². The largest absolute Gasteiger partial charge is 0.490 e. The molecule has 0 amide bonds. The van der Waals surface area contributed by atoms with Crippen molar-refractivity contribution in [2.45, 2.75) is 50.4 Å². The molecule has 1 aromatic rings. The van der Waals surface area contributed by atoms with Crippen LogP contribution >= 0.6 is 0 Å². The number of rotatable bonds is 3. The normalized spacial score (nSPS) is 26.5. The van der Waals surface area contributed by atoms with Gasteiger partial charge in [0.1, 0.15) is 11.9 Å². The zero-order valence-electron chi connectivity index (χ0n) is 12.7. The Balaban J connectivity index is 1.65. The molecule has 0 aliphatic carbocycles. The monoisotopic (exact) mass is 291 g/mol. The van der Waals surface area contributed by atoms with Gasteiger partial charge in [-0.05, 0) is 37.5 Å². The standard InChI is InChI=1S/C17H25NO3/c1-13(18)14-3-2-4-15(11-14)21-16-5-8-20-17(12-16)6-9-19-10-7-17/h2-4,11,13,16H,5-10,12,18H2,1H3. The van der Waals surface area contributed by atoms with E-state index in [2.05, 4.69) is 6.07 Å². The molecule has 2 atom stereocenters. The third-order valence-electron chi connectivity index (χ3n) is 4.54. The number of hydrogen-bond acceptors (Lipinski definition) is 4. The first kappa shape index (κ1) is 14.8. The molecule has 2 saturated heterocycles. The third kappa shape index (κ3) is 3.57. The van der Waals surface area contributed by atoms with Gasteiger partial charge < -0.3 is 19.9 Å². The Bertz CT molecular complexity index is 463. The third-order valence-corrected chi connectivity index (χ3v) is 4.54. The summed E-state index contributed by atoms with van der Waals surface area (Å²) in [5, 5.41) is 0. The lowest BCUT2D eigenvalue weighted by Crippen LogP contribution is -2.47. The molecule has 116 valence electrons. The van der Waals surface area contributed by atoms with E-state index in [1.54, 1.807) is 0 Å². The summed E-state index contributed by atoms with van der Waals surface area (Å²) in [6.07, 6.45) is 4.09. The minimum Gasteiger partial charge on any atom is -0.490 e. The fourth-order valence-electron chi connectivity index (χ4n) is 3.24. The molecule has 2 heterocycles. The lowest BCUT2D eigenvalue weighted by Gasteiger charge is -2.43. The average molecular weight is 291 g/mol. The number of hydrogen-bond donors (Lipinski definition) is 1. The van der Waals surface area contributed by atoms with Gasteiger partial charge in [0.05, 0.1) is 12.2 Å². The van der Waals surface area contributed by atoms with E-state index in [9.17, 15) is 0 Å². The SMILES string of the molecule is CC(N)c1cccc(OC2CCOC3(CCOCC3)C2)c1. The summed E-state index contributed by atoms with van der Waals surface area (Å²) in [6, 6.07) is 8.15. The van der Waals surface area contributed by atoms with Crippen LogP contribution in [0.15, 0.2) is 24.3 Å². The molecule has 1 aromatic carbocycles. The van der Waals surface area contributed by atoms with Crippen LogP contribution in [0.25, 0.3) is 0 Å². The molecule has 0 saturated carbocycles. The maximum absolute atomic E-state index is 6.20. The fraction of sp³-hybridized carbons (Fsp3) is 0.647. The first-order valence-electron chi connectivity index (χ1n) is 7.91. The van der Waals surface area contributed by atoms with Crippen molar-refractivity contribution in [3.8, 4) is 5.75 Å². The van der Waals surface area contributed by atoms with Crippen molar-refractivity contribution in [3.05, 3.63) is 29.8 Å².